The van der Waals surface area contributed by atoms with E-state index in [1.807, 2.05) is 16.8 Å². The van der Waals surface area contributed by atoms with Crippen LogP contribution in [0.15, 0.2) is 59.3 Å². The predicted molar refractivity (Wildman–Crippen MR) is 79.6 cm³/mol. The lowest BCUT2D eigenvalue weighted by Crippen LogP contribution is -2.04. The van der Waals surface area contributed by atoms with E-state index in [2.05, 4.69) is 0 Å². The lowest BCUT2D eigenvalue weighted by atomic mass is 9.98. The molecule has 2 rings (SSSR count). The summed E-state index contributed by atoms with van der Waals surface area (Å²) in [6.45, 7) is 0. The summed E-state index contributed by atoms with van der Waals surface area (Å²) in [4.78, 5) is 10.5. The highest BCUT2D eigenvalue weighted by molar-refractivity contribution is 7.08. The molecule has 0 aliphatic carbocycles. The van der Waals surface area contributed by atoms with Crippen molar-refractivity contribution < 1.29 is 23.1 Å². The van der Waals surface area contributed by atoms with E-state index in [9.17, 15) is 18.0 Å². The van der Waals surface area contributed by atoms with Crippen molar-refractivity contribution in [1.82, 2.24) is 0 Å². The summed E-state index contributed by atoms with van der Waals surface area (Å²) in [6.07, 6.45) is -0.490. The van der Waals surface area contributed by atoms with Gasteiger partial charge in [-0.3, -0.25) is 0 Å². The molecule has 0 fully saturated rings. The molecule has 2 nitrogen and oxygen atoms in total. The van der Waals surface area contributed by atoms with Gasteiger partial charge in [0.05, 0.1) is 5.56 Å². The molecule has 1 aromatic heterocycles. The number of halogens is 3. The molecule has 0 radical (unpaired) electrons. The average Bonchev–Trinajstić information content (AvgIpc) is 2.96. The Morgan fingerprint density at radius 1 is 1.09 bits per heavy atom. The third-order valence-corrected chi connectivity index (χ3v) is 3.54. The van der Waals surface area contributed by atoms with Gasteiger partial charge in [-0.1, -0.05) is 24.3 Å². The van der Waals surface area contributed by atoms with E-state index in [0.717, 1.165) is 23.8 Å². The third-order valence-electron chi connectivity index (χ3n) is 2.86. The fraction of sp³-hybridized carbons (Fsp3) is 0.0625. The number of benzene rings is 1. The van der Waals surface area contributed by atoms with Gasteiger partial charge in [-0.05, 0) is 45.7 Å². The summed E-state index contributed by atoms with van der Waals surface area (Å²) in [5.41, 5.74) is 1.34. The standard InChI is InChI=1S/C16H11F3O2S/c17-16(18,19)13-6-4-11(5-7-13)14(2-1-3-15(20)21)12-8-9-22-10-12/h1-10H,(H,20,21). The highest BCUT2D eigenvalue weighted by atomic mass is 32.1. The van der Waals surface area contributed by atoms with Crippen LogP contribution in [0.25, 0.3) is 5.57 Å². The molecule has 1 heterocycles. The smallest absolute Gasteiger partial charge is 0.416 e. The molecule has 6 heteroatoms. The minimum Gasteiger partial charge on any atom is -0.478 e. The molecule has 22 heavy (non-hydrogen) atoms. The zero-order chi connectivity index (χ0) is 16.2. The Kier molecular flexibility index (Phi) is 4.82. The van der Waals surface area contributed by atoms with Crippen molar-refractivity contribution in [2.75, 3.05) is 0 Å². The maximum absolute atomic E-state index is 12.6. The van der Waals surface area contributed by atoms with Crippen molar-refractivity contribution >= 4 is 22.9 Å². The first-order valence-corrected chi connectivity index (χ1v) is 7.13. The summed E-state index contributed by atoms with van der Waals surface area (Å²) in [5.74, 6) is -1.09. The Hall–Kier alpha value is -2.34. The van der Waals surface area contributed by atoms with Gasteiger partial charge >= 0.3 is 12.1 Å². The fourth-order valence-electron chi connectivity index (χ4n) is 1.84. The first-order chi connectivity index (χ1) is 10.4. The predicted octanol–water partition coefficient (Wildman–Crippen LogP) is 4.84. The van der Waals surface area contributed by atoms with E-state index in [4.69, 9.17) is 5.11 Å². The summed E-state index contributed by atoms with van der Waals surface area (Å²) in [7, 11) is 0. The van der Waals surface area contributed by atoms with Crippen LogP contribution in [0.1, 0.15) is 16.7 Å². The lowest BCUT2D eigenvalue weighted by molar-refractivity contribution is -0.137. The van der Waals surface area contributed by atoms with Crippen LogP contribution in [-0.4, -0.2) is 11.1 Å². The van der Waals surface area contributed by atoms with Gasteiger partial charge in [0.25, 0.3) is 0 Å². The minimum atomic E-state index is -4.38. The second-order valence-corrected chi connectivity index (χ2v) is 5.14. The molecule has 0 atom stereocenters. The number of aliphatic carboxylic acids is 1. The first kappa shape index (κ1) is 16.0. The topological polar surface area (TPSA) is 37.3 Å². The highest BCUT2D eigenvalue weighted by Crippen LogP contribution is 2.31. The van der Waals surface area contributed by atoms with E-state index in [-0.39, 0.29) is 0 Å². The van der Waals surface area contributed by atoms with Crippen LogP contribution in [0.3, 0.4) is 0 Å². The molecule has 1 aromatic carbocycles. The maximum atomic E-state index is 12.6. The van der Waals surface area contributed by atoms with Gasteiger partial charge in [0.2, 0.25) is 0 Å². The summed E-state index contributed by atoms with van der Waals surface area (Å²) < 4.78 is 37.8. The van der Waals surface area contributed by atoms with E-state index < -0.39 is 17.7 Å². The van der Waals surface area contributed by atoms with E-state index >= 15 is 0 Å². The summed E-state index contributed by atoms with van der Waals surface area (Å²) in [5, 5.41) is 12.3. The van der Waals surface area contributed by atoms with Gasteiger partial charge in [0, 0.05) is 6.08 Å². The largest absolute Gasteiger partial charge is 0.478 e. The molecular weight excluding hydrogens is 313 g/mol. The fourth-order valence-corrected chi connectivity index (χ4v) is 2.50. The number of carboxylic acid groups (broad SMARTS) is 1. The first-order valence-electron chi connectivity index (χ1n) is 6.19. The lowest BCUT2D eigenvalue weighted by Gasteiger charge is -2.09. The van der Waals surface area contributed by atoms with Gasteiger partial charge in [0.1, 0.15) is 0 Å². The quantitative estimate of drug-likeness (QED) is 0.645. The van der Waals surface area contributed by atoms with E-state index in [1.54, 1.807) is 6.08 Å². The molecule has 0 saturated carbocycles. The molecule has 0 bridgehead atoms. The Balaban J connectivity index is 2.40. The monoisotopic (exact) mass is 324 g/mol. The zero-order valence-electron chi connectivity index (χ0n) is 11.2. The number of rotatable bonds is 4. The van der Waals surface area contributed by atoms with Gasteiger partial charge in [-0.15, -0.1) is 0 Å². The van der Waals surface area contributed by atoms with Crippen molar-refractivity contribution in [3.63, 3.8) is 0 Å². The summed E-state index contributed by atoms with van der Waals surface area (Å²) in [6, 6.07) is 6.59. The van der Waals surface area contributed by atoms with Crippen LogP contribution in [0.5, 0.6) is 0 Å². The molecule has 0 aliphatic heterocycles. The summed E-state index contributed by atoms with van der Waals surface area (Å²) >= 11 is 1.45. The second-order valence-electron chi connectivity index (χ2n) is 4.36. The Morgan fingerprint density at radius 2 is 1.77 bits per heavy atom. The average molecular weight is 324 g/mol. The number of carbonyl (C=O) groups is 1. The molecule has 0 unspecified atom stereocenters. The number of hydrogen-bond donors (Lipinski definition) is 1. The number of thiophene rings is 1. The van der Waals surface area contributed by atoms with Crippen LogP contribution in [-0.2, 0) is 11.0 Å². The van der Waals surface area contributed by atoms with Gasteiger partial charge < -0.3 is 5.11 Å². The highest BCUT2D eigenvalue weighted by Gasteiger charge is 2.30. The molecule has 2 aromatic rings. The van der Waals surface area contributed by atoms with Crippen LogP contribution in [0.4, 0.5) is 13.2 Å². The minimum absolute atomic E-state index is 0.585. The molecule has 114 valence electrons. The van der Waals surface area contributed by atoms with Crippen LogP contribution >= 0.6 is 11.3 Å². The second kappa shape index (κ2) is 6.62. The molecule has 0 saturated heterocycles. The normalized spacial score (nSPS) is 12.8. The molecule has 0 amide bonds. The molecular formula is C16H11F3O2S. The third kappa shape index (κ3) is 4.08. The number of carboxylic acids is 1. The Labute approximate surface area is 128 Å². The Morgan fingerprint density at radius 3 is 2.27 bits per heavy atom. The number of allylic oxidation sites excluding steroid dienone is 2. The SMILES string of the molecule is O=C(O)C=CC=C(c1ccc(C(F)(F)F)cc1)c1ccsc1. The van der Waals surface area contributed by atoms with Crippen LogP contribution in [0.2, 0.25) is 0 Å². The Bertz CT molecular complexity index is 696. The van der Waals surface area contributed by atoms with Crippen LogP contribution < -0.4 is 0 Å². The van der Waals surface area contributed by atoms with Crippen molar-refractivity contribution in [1.29, 1.82) is 0 Å². The zero-order valence-corrected chi connectivity index (χ0v) is 12.0. The molecule has 1 N–H and O–H groups in total. The molecule has 0 spiro atoms. The van der Waals surface area contributed by atoms with Crippen molar-refractivity contribution in [2.45, 2.75) is 6.18 Å². The van der Waals surface area contributed by atoms with Crippen molar-refractivity contribution in [3.05, 3.63) is 76.0 Å². The van der Waals surface area contributed by atoms with Gasteiger partial charge in [0.15, 0.2) is 0 Å². The van der Waals surface area contributed by atoms with Crippen molar-refractivity contribution in [2.24, 2.45) is 0 Å². The van der Waals surface area contributed by atoms with E-state index in [1.165, 1.54) is 29.5 Å². The molecule has 0 aliphatic rings. The van der Waals surface area contributed by atoms with E-state index in [0.29, 0.717) is 11.1 Å². The number of hydrogen-bond acceptors (Lipinski definition) is 2. The van der Waals surface area contributed by atoms with Gasteiger partial charge in [-0.2, -0.15) is 24.5 Å². The van der Waals surface area contributed by atoms with Gasteiger partial charge in [-0.25, -0.2) is 4.79 Å². The van der Waals surface area contributed by atoms with Crippen LogP contribution in [0, 0.1) is 0 Å². The van der Waals surface area contributed by atoms with Crippen molar-refractivity contribution in [3.8, 4) is 0 Å². The maximum Gasteiger partial charge on any atom is 0.416 e. The number of alkyl halides is 3.